The molecule has 5 aromatic rings. The molecule has 0 aliphatic heterocycles. The van der Waals surface area contributed by atoms with Gasteiger partial charge in [-0.15, -0.1) is 0 Å². The van der Waals surface area contributed by atoms with Crippen molar-refractivity contribution < 1.29 is 76.9 Å². The summed E-state index contributed by atoms with van der Waals surface area (Å²) >= 11 is 6.62. The zero-order chi connectivity index (χ0) is 54.3. The topological polar surface area (TPSA) is 202 Å². The number of carbonyl (C=O) groups excluding carboxylic acids is 2. The molecule has 6 rings (SSSR count). The second-order valence-electron chi connectivity index (χ2n) is 15.7. The number of aliphatic hydroxyl groups is 1. The maximum Gasteiger partial charge on any atom is 0.435 e. The highest BCUT2D eigenvalue weighted by molar-refractivity contribution is 7.86. The minimum Gasteiger partial charge on any atom is -0.483 e. The van der Waals surface area contributed by atoms with Crippen LogP contribution in [0, 0.1) is 23.5 Å². The van der Waals surface area contributed by atoms with Crippen LogP contribution in [0.2, 0.25) is 5.02 Å². The first-order valence-corrected chi connectivity index (χ1v) is 24.5. The molecule has 3 unspecified atom stereocenters. The fraction of sp³-hybridized carbons (Fsp3) is 0.409. The van der Waals surface area contributed by atoms with Gasteiger partial charge in [-0.25, -0.2) is 22.8 Å². The number of halogens is 11. The molecule has 4 N–H and O–H groups in total. The Balaban J connectivity index is 0.00000217. The minimum atomic E-state index is -5.19. The van der Waals surface area contributed by atoms with E-state index < -0.39 is 142 Å². The Hall–Kier alpha value is -6.11. The molecule has 2 aromatic carbocycles. The number of anilines is 1. The highest BCUT2D eigenvalue weighted by Gasteiger charge is 2.50. The van der Waals surface area contributed by atoms with E-state index in [0.717, 1.165) is 18.4 Å². The third kappa shape index (κ3) is 13.9. The summed E-state index contributed by atoms with van der Waals surface area (Å²) in [6.45, 7) is 2.75. The number of urea groups is 1. The number of rotatable bonds is 13. The molecule has 15 nitrogen and oxygen atoms in total. The zero-order valence-corrected chi connectivity index (χ0v) is 41.1. The first-order valence-electron chi connectivity index (χ1n) is 21.1. The first kappa shape index (κ1) is 58.5. The van der Waals surface area contributed by atoms with Crippen LogP contribution >= 0.6 is 11.6 Å². The lowest BCUT2D eigenvalue weighted by atomic mass is 9.93. The number of pyridine rings is 1. The van der Waals surface area contributed by atoms with Gasteiger partial charge in [-0.05, 0) is 68.5 Å². The van der Waals surface area contributed by atoms with Crippen LogP contribution in [0.4, 0.5) is 54.5 Å². The molecule has 3 amide bonds. The normalized spacial score (nSPS) is 14.3. The van der Waals surface area contributed by atoms with Crippen molar-refractivity contribution in [2.24, 2.45) is 0 Å². The van der Waals surface area contributed by atoms with E-state index in [0.29, 0.717) is 15.1 Å². The maximum absolute atomic E-state index is 15.1. The van der Waals surface area contributed by atoms with Gasteiger partial charge in [0.15, 0.2) is 11.5 Å². The number of benzene rings is 2. The molecule has 1 aliphatic rings. The van der Waals surface area contributed by atoms with Crippen LogP contribution < -0.4 is 14.9 Å². The lowest BCUT2D eigenvalue weighted by molar-refractivity contribution is -0.142. The predicted octanol–water partition coefficient (Wildman–Crippen LogP) is 7.98. The van der Waals surface area contributed by atoms with Crippen LogP contribution in [0.5, 0.6) is 0 Å². The molecule has 0 bridgehead atoms. The number of alkyl halides is 8. The molecule has 28 heteroatoms. The number of amides is 3. The van der Waals surface area contributed by atoms with Gasteiger partial charge in [0.25, 0.3) is 12.4 Å². The van der Waals surface area contributed by atoms with Crippen molar-refractivity contribution in [3.8, 4) is 23.0 Å². The van der Waals surface area contributed by atoms with Crippen molar-refractivity contribution in [1.82, 2.24) is 35.2 Å². The lowest BCUT2D eigenvalue weighted by Gasteiger charge is -2.23. The number of aliphatic hydroxyl groups excluding tert-OH is 1. The Morgan fingerprint density at radius 3 is 2.15 bits per heavy atom. The van der Waals surface area contributed by atoms with Crippen LogP contribution in [-0.2, 0) is 69.4 Å². The van der Waals surface area contributed by atoms with E-state index in [1.807, 2.05) is 13.8 Å². The van der Waals surface area contributed by atoms with Crippen molar-refractivity contribution in [3.63, 3.8) is 0 Å². The highest BCUT2D eigenvalue weighted by atomic mass is 35.5. The van der Waals surface area contributed by atoms with Crippen LogP contribution in [0.15, 0.2) is 42.5 Å². The smallest absolute Gasteiger partial charge is 0.435 e. The number of fused-ring (bicyclic) bond motifs is 2. The number of hydrogen-bond acceptors (Lipinski definition) is 9. The third-order valence-corrected chi connectivity index (χ3v) is 13.0. The summed E-state index contributed by atoms with van der Waals surface area (Å²) in [5.74, 6) is -2.42. The monoisotopic (exact) mass is 1090 g/mol. The molecule has 3 atom stereocenters. The van der Waals surface area contributed by atoms with E-state index in [1.165, 1.54) is 44.4 Å². The summed E-state index contributed by atoms with van der Waals surface area (Å²) < 4.78 is 170. The summed E-state index contributed by atoms with van der Waals surface area (Å²) in [6, 6.07) is 4.30. The molecule has 0 radical (unpaired) electrons. The van der Waals surface area contributed by atoms with Crippen LogP contribution in [0.1, 0.15) is 74.1 Å². The summed E-state index contributed by atoms with van der Waals surface area (Å²) in [6.07, 6.45) is -10.2. The van der Waals surface area contributed by atoms with Gasteiger partial charge in [-0.3, -0.25) is 23.2 Å². The Labute approximate surface area is 414 Å². The fourth-order valence-electron chi connectivity index (χ4n) is 7.24. The first-order chi connectivity index (χ1) is 33.5. The van der Waals surface area contributed by atoms with Crippen LogP contribution in [0.25, 0.3) is 22.0 Å². The fourth-order valence-corrected chi connectivity index (χ4v) is 8.34. The molecule has 392 valence electrons. The highest BCUT2D eigenvalue weighted by Crippen LogP contribution is 2.47. The number of carboxylic acid groups (broad SMARTS) is 1. The van der Waals surface area contributed by atoms with E-state index in [1.54, 1.807) is 0 Å². The summed E-state index contributed by atoms with van der Waals surface area (Å²) in [5, 5.41) is 27.6. The zero-order valence-electron chi connectivity index (χ0n) is 38.7. The van der Waals surface area contributed by atoms with Crippen LogP contribution in [-0.4, -0.2) is 98.2 Å². The number of carbonyl (C=O) groups is 3. The van der Waals surface area contributed by atoms with Crippen molar-refractivity contribution >= 4 is 68.5 Å². The standard InChI is InChI=1S/C41H37ClF10N8O5S2.C2H6.CH2O2/c1-38(2,66(3)64)11-9-24-5-6-25(26-7-8-28(42)31-33(26)59(20-40(47,48)49)57-36(31)60(67(4)65)37(63)53-13-14-61)32(54-24)29(17-21-15-22(43)18-23(44)16-21)55-30(62)19-58-35-27(10-12-39(35,45)46)34(56-58)41(50,51)52;1-2;2-1-3/h5-8,15-16,18,29,61H,10,12-14,17,19-20H2,1-4H3,(H,53,63)(H,55,62);1-2H3;1H,(H,2,3). The van der Waals surface area contributed by atoms with E-state index in [9.17, 15) is 58.2 Å². The average molecular weight is 1090 g/mol. The molecule has 3 aromatic heterocycles. The maximum atomic E-state index is 15.1. The predicted molar refractivity (Wildman–Crippen MR) is 247 cm³/mol. The quantitative estimate of drug-likeness (QED) is 0.0509. The van der Waals surface area contributed by atoms with Gasteiger partial charge in [-0.2, -0.15) is 49.6 Å². The van der Waals surface area contributed by atoms with Gasteiger partial charge in [0, 0.05) is 59.0 Å². The van der Waals surface area contributed by atoms with Gasteiger partial charge in [0.2, 0.25) is 5.91 Å². The molecular formula is C44H45ClF10N8O7S2. The molecule has 3 heterocycles. The third-order valence-electron chi connectivity index (χ3n) is 10.3. The summed E-state index contributed by atoms with van der Waals surface area (Å²) in [5.41, 5.74) is -5.13. The van der Waals surface area contributed by atoms with Crippen molar-refractivity contribution in [2.75, 3.05) is 30.0 Å². The molecular weight excluding hydrogens is 1040 g/mol. The van der Waals surface area contributed by atoms with Crippen molar-refractivity contribution in [3.05, 3.63) is 93.0 Å². The Morgan fingerprint density at radius 2 is 1.60 bits per heavy atom. The molecule has 72 heavy (non-hydrogen) atoms. The van der Waals surface area contributed by atoms with Gasteiger partial charge < -0.3 is 20.8 Å². The van der Waals surface area contributed by atoms with E-state index in [2.05, 4.69) is 37.7 Å². The van der Waals surface area contributed by atoms with Crippen molar-refractivity contribution in [2.45, 2.75) is 89.1 Å². The Morgan fingerprint density at radius 1 is 0.986 bits per heavy atom. The molecule has 0 saturated carbocycles. The molecule has 0 saturated heterocycles. The van der Waals surface area contributed by atoms with E-state index >= 15 is 8.78 Å². The average Bonchev–Trinajstić information content (AvgIpc) is 3.93. The second kappa shape index (κ2) is 23.6. The van der Waals surface area contributed by atoms with Crippen LogP contribution in [0.3, 0.4) is 0 Å². The molecule has 0 spiro atoms. The van der Waals surface area contributed by atoms with Gasteiger partial charge >= 0.3 is 18.4 Å². The van der Waals surface area contributed by atoms with E-state index in [-0.39, 0.29) is 56.2 Å². The van der Waals surface area contributed by atoms with Crippen molar-refractivity contribution in [1.29, 1.82) is 0 Å². The lowest BCUT2D eigenvalue weighted by Crippen LogP contribution is -2.42. The largest absolute Gasteiger partial charge is 0.483 e. The summed E-state index contributed by atoms with van der Waals surface area (Å²) in [4.78, 5) is 40.2. The molecule has 1 aliphatic carbocycles. The number of nitrogens with one attached hydrogen (secondary N) is 2. The number of aromatic nitrogens is 5. The minimum absolute atomic E-state index is 0.135. The van der Waals surface area contributed by atoms with Gasteiger partial charge in [-0.1, -0.05) is 37.4 Å². The second-order valence-corrected chi connectivity index (χ2v) is 19.2. The Bertz CT molecular complexity index is 2920. The number of hydrogen-bond donors (Lipinski definition) is 4. The summed E-state index contributed by atoms with van der Waals surface area (Å²) in [7, 11) is -3.90. The van der Waals surface area contributed by atoms with Gasteiger partial charge in [0.05, 0.1) is 34.3 Å². The molecule has 0 fully saturated rings. The number of nitrogens with zero attached hydrogens (tertiary/aromatic N) is 6. The van der Waals surface area contributed by atoms with E-state index in [4.69, 9.17) is 21.5 Å². The SMILES string of the molecule is CC.CS(=O)N(C(=O)NCCO)c1nn(CC(F)(F)F)c2c(-c3ccc(C#CC(C)(C)S(C)=O)nc3C(Cc3cc(F)cc(F)c3)NC(=O)Cn3nc(C(F)(F)F)c4c3C(F)(F)CC4)ccc(Cl)c12.O=CO. The van der Waals surface area contributed by atoms with Gasteiger partial charge in [0.1, 0.15) is 51.8 Å². The Kier molecular flexibility index (Phi) is 19.2.